The van der Waals surface area contributed by atoms with Crippen LogP contribution in [0.3, 0.4) is 0 Å². The van der Waals surface area contributed by atoms with Crippen LogP contribution in [-0.4, -0.2) is 64.6 Å². The summed E-state index contributed by atoms with van der Waals surface area (Å²) in [6, 6.07) is 6.44. The Morgan fingerprint density at radius 1 is 1.00 bits per heavy atom. The van der Waals surface area contributed by atoms with Crippen molar-refractivity contribution in [1.82, 2.24) is 4.31 Å². The molecular weight excluding hydrogens is 366 g/mol. The first kappa shape index (κ1) is 20.3. The Morgan fingerprint density at radius 3 is 2.22 bits per heavy atom. The summed E-state index contributed by atoms with van der Waals surface area (Å²) in [6.45, 7) is 4.15. The lowest BCUT2D eigenvalue weighted by atomic mass is 10.1. The lowest BCUT2D eigenvalue weighted by Crippen LogP contribution is -3.13. The number of rotatable bonds is 5. The summed E-state index contributed by atoms with van der Waals surface area (Å²) in [5.41, 5.74) is 0.632. The zero-order chi connectivity index (χ0) is 19.1. The van der Waals surface area contributed by atoms with E-state index in [9.17, 15) is 13.2 Å². The lowest BCUT2D eigenvalue weighted by molar-refractivity contribution is -0.892. The van der Waals surface area contributed by atoms with Gasteiger partial charge in [0.2, 0.25) is 10.0 Å². The molecule has 150 valence electrons. The van der Waals surface area contributed by atoms with Crippen LogP contribution >= 0.6 is 0 Å². The summed E-state index contributed by atoms with van der Waals surface area (Å²) in [4.78, 5) is 13.9. The number of hydrogen-bond acceptors (Lipinski definition) is 4. The molecule has 3 rings (SSSR count). The van der Waals surface area contributed by atoms with Crippen LogP contribution in [0.5, 0.6) is 0 Å². The number of nitrogens with zero attached hydrogens (tertiary/aromatic N) is 1. The maximum absolute atomic E-state index is 12.6. The van der Waals surface area contributed by atoms with Crippen LogP contribution in [0.1, 0.15) is 32.1 Å². The van der Waals surface area contributed by atoms with Gasteiger partial charge < -0.3 is 15.0 Å². The summed E-state index contributed by atoms with van der Waals surface area (Å²) >= 11 is 0. The number of benzene rings is 1. The molecule has 2 aliphatic rings. The van der Waals surface area contributed by atoms with E-state index in [0.29, 0.717) is 38.5 Å². The standard InChI is InChI=1S/C19H29N3O4S/c23-19(16-21-10-4-2-1-3-5-11-21)20-17-6-8-18(9-7-17)27(24,25)22-12-14-26-15-13-22/h6-9H,1-5,10-16H2,(H,20,23)/p+1. The molecule has 2 saturated heterocycles. The fourth-order valence-corrected chi connectivity index (χ4v) is 5.07. The summed E-state index contributed by atoms with van der Waals surface area (Å²) in [7, 11) is -3.50. The van der Waals surface area contributed by atoms with Gasteiger partial charge in [-0.1, -0.05) is 6.42 Å². The van der Waals surface area contributed by atoms with E-state index in [2.05, 4.69) is 5.32 Å². The van der Waals surface area contributed by atoms with Crippen molar-refractivity contribution in [2.24, 2.45) is 0 Å². The molecule has 1 aromatic carbocycles. The van der Waals surface area contributed by atoms with E-state index >= 15 is 0 Å². The number of carbonyl (C=O) groups is 1. The number of hydrogen-bond donors (Lipinski definition) is 2. The first-order valence-electron chi connectivity index (χ1n) is 9.87. The van der Waals surface area contributed by atoms with Gasteiger partial charge >= 0.3 is 0 Å². The zero-order valence-corrected chi connectivity index (χ0v) is 16.6. The summed E-state index contributed by atoms with van der Waals surface area (Å²) in [5, 5.41) is 2.90. The Bertz CT molecular complexity index is 707. The smallest absolute Gasteiger partial charge is 0.279 e. The first-order valence-corrected chi connectivity index (χ1v) is 11.3. The first-order chi connectivity index (χ1) is 13.1. The molecule has 2 heterocycles. The maximum atomic E-state index is 12.6. The third kappa shape index (κ3) is 5.75. The van der Waals surface area contributed by atoms with Crippen LogP contribution in [0.15, 0.2) is 29.2 Å². The van der Waals surface area contributed by atoms with Gasteiger partial charge in [0, 0.05) is 18.8 Å². The van der Waals surface area contributed by atoms with Crippen molar-refractivity contribution >= 4 is 21.6 Å². The molecule has 2 N–H and O–H groups in total. The molecule has 8 heteroatoms. The summed E-state index contributed by atoms with van der Waals surface area (Å²) in [6.07, 6.45) is 6.17. The van der Waals surface area contributed by atoms with E-state index in [1.54, 1.807) is 24.3 Å². The zero-order valence-electron chi connectivity index (χ0n) is 15.8. The highest BCUT2D eigenvalue weighted by atomic mass is 32.2. The van der Waals surface area contributed by atoms with Crippen molar-refractivity contribution in [2.45, 2.75) is 37.0 Å². The molecule has 7 nitrogen and oxygen atoms in total. The van der Waals surface area contributed by atoms with Gasteiger partial charge in [0.15, 0.2) is 6.54 Å². The maximum Gasteiger partial charge on any atom is 0.279 e. The minimum Gasteiger partial charge on any atom is -0.379 e. The van der Waals surface area contributed by atoms with Gasteiger partial charge in [0.05, 0.1) is 31.2 Å². The van der Waals surface area contributed by atoms with Gasteiger partial charge in [-0.2, -0.15) is 4.31 Å². The SMILES string of the molecule is O=C(C[NH+]1CCCCCCC1)Nc1ccc(S(=O)(=O)N2CCOCC2)cc1. The highest BCUT2D eigenvalue weighted by Crippen LogP contribution is 2.19. The third-order valence-corrected chi connectivity index (χ3v) is 7.13. The van der Waals surface area contributed by atoms with Crippen LogP contribution in [0.4, 0.5) is 5.69 Å². The van der Waals surface area contributed by atoms with Crippen LogP contribution < -0.4 is 10.2 Å². The van der Waals surface area contributed by atoms with Crippen molar-refractivity contribution < 1.29 is 22.8 Å². The average molecular weight is 397 g/mol. The van der Waals surface area contributed by atoms with Crippen molar-refractivity contribution in [1.29, 1.82) is 0 Å². The average Bonchev–Trinajstić information content (AvgIpc) is 2.65. The van der Waals surface area contributed by atoms with Gasteiger partial charge in [-0.3, -0.25) is 4.79 Å². The molecule has 0 aromatic heterocycles. The van der Waals surface area contributed by atoms with Crippen LogP contribution in [0.2, 0.25) is 0 Å². The fourth-order valence-electron chi connectivity index (χ4n) is 3.66. The molecule has 27 heavy (non-hydrogen) atoms. The van der Waals surface area contributed by atoms with E-state index in [1.807, 2.05) is 0 Å². The molecule has 2 fully saturated rings. The number of sulfonamides is 1. The van der Waals surface area contributed by atoms with Gasteiger partial charge in [-0.05, 0) is 49.9 Å². The molecule has 0 unspecified atom stereocenters. The monoisotopic (exact) mass is 396 g/mol. The predicted molar refractivity (Wildman–Crippen MR) is 103 cm³/mol. The van der Waals surface area contributed by atoms with Crippen LogP contribution in [0.25, 0.3) is 0 Å². The minimum atomic E-state index is -3.50. The Hall–Kier alpha value is -1.48. The number of likely N-dealkylation sites (tertiary alicyclic amines) is 1. The van der Waals surface area contributed by atoms with Crippen molar-refractivity contribution in [3.05, 3.63) is 24.3 Å². The van der Waals surface area contributed by atoms with Crippen molar-refractivity contribution in [3.63, 3.8) is 0 Å². The highest BCUT2D eigenvalue weighted by Gasteiger charge is 2.26. The Kier molecular flexibility index (Phi) is 7.23. The molecule has 0 aliphatic carbocycles. The second-order valence-corrected chi connectivity index (χ2v) is 9.22. The van der Waals surface area contributed by atoms with Crippen LogP contribution in [0, 0.1) is 0 Å². The molecular formula is C19H30N3O4S+. The highest BCUT2D eigenvalue weighted by molar-refractivity contribution is 7.89. The summed E-state index contributed by atoms with van der Waals surface area (Å²) in [5.74, 6) is -0.0191. The number of nitrogens with one attached hydrogen (secondary N) is 2. The van der Waals surface area contributed by atoms with Gasteiger partial charge in [-0.15, -0.1) is 0 Å². The predicted octanol–water partition coefficient (Wildman–Crippen LogP) is 0.495. The quantitative estimate of drug-likeness (QED) is 0.759. The normalized spacial score (nSPS) is 20.6. The van der Waals surface area contributed by atoms with Gasteiger partial charge in [0.1, 0.15) is 0 Å². The van der Waals surface area contributed by atoms with E-state index in [-0.39, 0.29) is 10.8 Å². The largest absolute Gasteiger partial charge is 0.379 e. The number of quaternary nitrogens is 1. The van der Waals surface area contributed by atoms with E-state index in [0.717, 1.165) is 13.1 Å². The van der Waals surface area contributed by atoms with Crippen molar-refractivity contribution in [2.75, 3.05) is 51.3 Å². The van der Waals surface area contributed by atoms with Gasteiger partial charge in [0.25, 0.3) is 5.91 Å². The Morgan fingerprint density at radius 2 is 1.59 bits per heavy atom. The number of amides is 1. The molecule has 2 aliphatic heterocycles. The fraction of sp³-hybridized carbons (Fsp3) is 0.632. The van der Waals surface area contributed by atoms with E-state index < -0.39 is 10.0 Å². The third-order valence-electron chi connectivity index (χ3n) is 5.22. The molecule has 0 radical (unpaired) electrons. The number of morpholine rings is 1. The molecule has 1 aromatic rings. The second kappa shape index (κ2) is 9.64. The molecule has 0 saturated carbocycles. The Balaban J connectivity index is 1.55. The molecule has 0 atom stereocenters. The number of carbonyl (C=O) groups excluding carboxylic acids is 1. The van der Waals surface area contributed by atoms with E-state index in [1.165, 1.54) is 41.3 Å². The molecule has 1 amide bonds. The number of anilines is 1. The van der Waals surface area contributed by atoms with Gasteiger partial charge in [-0.25, -0.2) is 8.42 Å². The van der Waals surface area contributed by atoms with E-state index in [4.69, 9.17) is 4.74 Å². The lowest BCUT2D eigenvalue weighted by Gasteiger charge is -2.26. The Labute approximate surface area is 161 Å². The minimum absolute atomic E-state index is 0.0191. The topological polar surface area (TPSA) is 80.2 Å². The molecule has 0 spiro atoms. The van der Waals surface area contributed by atoms with Crippen LogP contribution in [-0.2, 0) is 19.6 Å². The van der Waals surface area contributed by atoms with Crippen molar-refractivity contribution in [3.8, 4) is 0 Å². The number of ether oxygens (including phenoxy) is 1. The molecule has 0 bridgehead atoms. The summed E-state index contributed by atoms with van der Waals surface area (Å²) < 4.78 is 31.9. The second-order valence-electron chi connectivity index (χ2n) is 7.28.